The molecule has 8 nitrogen and oxygen atoms in total. The minimum Gasteiger partial charge on any atom is -0.481 e. The van der Waals surface area contributed by atoms with E-state index in [1.807, 2.05) is 41.8 Å². The van der Waals surface area contributed by atoms with Crippen molar-refractivity contribution < 1.29 is 23.9 Å². The summed E-state index contributed by atoms with van der Waals surface area (Å²) in [5.74, 6) is 0.00680. The van der Waals surface area contributed by atoms with E-state index >= 15 is 0 Å². The first-order valence-electron chi connectivity index (χ1n) is 13.6. The van der Waals surface area contributed by atoms with Crippen LogP contribution in [0, 0.1) is 18.7 Å². The molecule has 10 heteroatoms. The van der Waals surface area contributed by atoms with E-state index in [0.29, 0.717) is 29.5 Å². The van der Waals surface area contributed by atoms with Gasteiger partial charge in [-0.3, -0.25) is 19.3 Å². The molecule has 1 N–H and O–H groups in total. The molecule has 1 aromatic heterocycles. The number of carbonyl (C=O) groups excluding carboxylic acids is 2. The lowest BCUT2D eigenvalue weighted by molar-refractivity contribution is -0.142. The summed E-state index contributed by atoms with van der Waals surface area (Å²) in [4.78, 5) is 40.6. The van der Waals surface area contributed by atoms with Crippen molar-refractivity contribution in [3.8, 4) is 0 Å². The Morgan fingerprint density at radius 2 is 1.64 bits per heavy atom. The van der Waals surface area contributed by atoms with Gasteiger partial charge in [0.2, 0.25) is 6.41 Å². The van der Waals surface area contributed by atoms with Gasteiger partial charge in [0.1, 0.15) is 11.6 Å². The summed E-state index contributed by atoms with van der Waals surface area (Å²) in [6.45, 7) is 12.6. The summed E-state index contributed by atoms with van der Waals surface area (Å²) in [7, 11) is 5.08. The maximum Gasteiger partial charge on any atom is 0.306 e. The average molecular weight is 571 g/mol. The molecule has 0 bridgehead atoms. The summed E-state index contributed by atoms with van der Waals surface area (Å²) >= 11 is 5.40. The topological polar surface area (TPSA) is 95.7 Å². The molecule has 0 aliphatic heterocycles. The number of aliphatic carboxylic acids is 1. The standard InChI is InChI=1S/C11H18N4O2.C10H20O2.C6H4ClF.C2H6/c1-6-15-8(2)12-10(13(3)4)9(15)11(17)14(5)7-16;1-3-5-7-9(10(11)12)8-6-4-2;7-5-2-1-3-6(8)4-5;1-2/h7H,6H2,1-5H3;9H,3-8H2,1-2H3,(H,11,12);1-4H;1-2H3. The molecular weight excluding hydrogens is 523 g/mol. The van der Waals surface area contributed by atoms with Gasteiger partial charge in [0.05, 0.1) is 5.92 Å². The van der Waals surface area contributed by atoms with Crippen molar-refractivity contribution in [1.29, 1.82) is 0 Å². The van der Waals surface area contributed by atoms with Gasteiger partial charge in [-0.15, -0.1) is 0 Å². The largest absolute Gasteiger partial charge is 0.481 e. The molecule has 0 unspecified atom stereocenters. The number of imide groups is 1. The summed E-state index contributed by atoms with van der Waals surface area (Å²) in [5.41, 5.74) is 0.449. The predicted molar refractivity (Wildman–Crippen MR) is 158 cm³/mol. The van der Waals surface area contributed by atoms with Gasteiger partial charge >= 0.3 is 5.97 Å². The van der Waals surface area contributed by atoms with Crippen LogP contribution in [0.2, 0.25) is 5.02 Å². The Hall–Kier alpha value is -2.94. The van der Waals surface area contributed by atoms with Crippen LogP contribution in [0.4, 0.5) is 10.2 Å². The van der Waals surface area contributed by atoms with Crippen LogP contribution >= 0.6 is 11.6 Å². The minimum absolute atomic E-state index is 0.0927. The average Bonchev–Trinajstić information content (AvgIpc) is 3.25. The summed E-state index contributed by atoms with van der Waals surface area (Å²) < 4.78 is 13.9. The van der Waals surface area contributed by atoms with Crippen molar-refractivity contribution in [3.63, 3.8) is 0 Å². The number of halogens is 2. The van der Waals surface area contributed by atoms with Crippen molar-refractivity contribution in [1.82, 2.24) is 14.5 Å². The van der Waals surface area contributed by atoms with Crippen molar-refractivity contribution in [2.24, 2.45) is 5.92 Å². The Balaban J connectivity index is 0. The van der Waals surface area contributed by atoms with E-state index in [2.05, 4.69) is 18.8 Å². The van der Waals surface area contributed by atoms with Gasteiger partial charge in [-0.2, -0.15) is 0 Å². The molecule has 2 aromatic rings. The summed E-state index contributed by atoms with van der Waals surface area (Å²) in [5, 5.41) is 9.26. The number of hydrogen-bond acceptors (Lipinski definition) is 5. The van der Waals surface area contributed by atoms with E-state index in [0.717, 1.165) is 49.2 Å². The second-order valence-corrected chi connectivity index (χ2v) is 9.19. The van der Waals surface area contributed by atoms with Crippen LogP contribution in [-0.2, 0) is 16.1 Å². The van der Waals surface area contributed by atoms with E-state index in [9.17, 15) is 18.8 Å². The molecule has 39 heavy (non-hydrogen) atoms. The Kier molecular flexibility index (Phi) is 21.5. The number of hydrogen-bond donors (Lipinski definition) is 1. The number of imidazole rings is 1. The van der Waals surface area contributed by atoms with Gasteiger partial charge in [0, 0.05) is 32.7 Å². The number of amides is 2. The van der Waals surface area contributed by atoms with Crippen LogP contribution in [0.3, 0.4) is 0 Å². The molecule has 2 rings (SSSR count). The minimum atomic E-state index is -0.614. The van der Waals surface area contributed by atoms with Gasteiger partial charge in [-0.05, 0) is 44.9 Å². The fourth-order valence-corrected chi connectivity index (χ4v) is 3.60. The van der Waals surface area contributed by atoms with E-state index < -0.39 is 5.97 Å². The molecular formula is C29H48ClFN4O4. The second kappa shape index (κ2) is 21.9. The zero-order valence-corrected chi connectivity index (χ0v) is 25.9. The molecule has 1 aromatic carbocycles. The normalized spacial score (nSPS) is 9.74. The third-order valence-electron chi connectivity index (χ3n) is 5.51. The van der Waals surface area contributed by atoms with Gasteiger partial charge in [-0.1, -0.05) is 71.0 Å². The van der Waals surface area contributed by atoms with E-state index in [-0.39, 0.29) is 17.6 Å². The molecule has 0 spiro atoms. The monoisotopic (exact) mass is 570 g/mol. The molecule has 0 aliphatic rings. The first-order valence-corrected chi connectivity index (χ1v) is 13.9. The maximum atomic E-state index is 12.1. The molecule has 1 heterocycles. The SMILES string of the molecule is CC.CCCCC(CCCC)C(=O)O.CCn1c(C)nc(N(C)C)c1C(=O)N(C)C=O.Fc1cccc(Cl)c1. The number of carbonyl (C=O) groups is 3. The van der Waals surface area contributed by atoms with E-state index in [4.69, 9.17) is 16.7 Å². The van der Waals surface area contributed by atoms with Gasteiger partial charge in [-0.25, -0.2) is 9.37 Å². The third kappa shape index (κ3) is 14.7. The Labute approximate surface area is 239 Å². The zero-order valence-electron chi connectivity index (χ0n) is 25.1. The van der Waals surface area contributed by atoms with Gasteiger partial charge < -0.3 is 14.6 Å². The first kappa shape index (κ1) is 38.2. The Morgan fingerprint density at radius 1 is 1.10 bits per heavy atom. The highest BCUT2D eigenvalue weighted by molar-refractivity contribution is 6.30. The van der Waals surface area contributed by atoms with Crippen molar-refractivity contribution >= 4 is 35.7 Å². The van der Waals surface area contributed by atoms with E-state index in [1.54, 1.807) is 21.6 Å². The summed E-state index contributed by atoms with van der Waals surface area (Å²) in [6, 6.07) is 5.82. The first-order chi connectivity index (χ1) is 18.4. The lowest BCUT2D eigenvalue weighted by Crippen LogP contribution is -2.29. The Morgan fingerprint density at radius 3 is 1.97 bits per heavy atom. The van der Waals surface area contributed by atoms with Gasteiger partial charge in [0.15, 0.2) is 11.5 Å². The summed E-state index contributed by atoms with van der Waals surface area (Å²) in [6.07, 6.45) is 6.48. The number of aromatic nitrogens is 2. The van der Waals surface area contributed by atoms with Crippen LogP contribution in [0.1, 0.15) is 89.5 Å². The van der Waals surface area contributed by atoms with E-state index in [1.165, 1.54) is 19.2 Å². The molecule has 2 amide bonds. The number of unbranched alkanes of at least 4 members (excludes halogenated alkanes) is 2. The molecule has 0 atom stereocenters. The fourth-order valence-electron chi connectivity index (χ4n) is 3.43. The number of nitrogens with zero attached hydrogens (tertiary/aromatic N) is 4. The van der Waals surface area contributed by atoms with Crippen LogP contribution in [0.25, 0.3) is 0 Å². The molecule has 0 radical (unpaired) electrons. The predicted octanol–water partition coefficient (Wildman–Crippen LogP) is 7.08. The number of benzene rings is 1. The van der Waals surface area contributed by atoms with Crippen molar-refractivity contribution in [3.05, 3.63) is 46.6 Å². The lowest BCUT2D eigenvalue weighted by Gasteiger charge is -2.15. The van der Waals surface area contributed by atoms with Crippen LogP contribution in [0.15, 0.2) is 24.3 Å². The number of carboxylic acids is 1. The van der Waals surface area contributed by atoms with Crippen molar-refractivity contribution in [2.45, 2.75) is 86.6 Å². The maximum absolute atomic E-state index is 12.1. The third-order valence-corrected chi connectivity index (χ3v) is 5.74. The number of rotatable bonds is 11. The van der Waals surface area contributed by atoms with Crippen LogP contribution in [-0.4, -0.2) is 59.0 Å². The smallest absolute Gasteiger partial charge is 0.306 e. The fraction of sp³-hybridized carbons (Fsp3) is 0.586. The number of carboxylic acid groups (broad SMARTS) is 1. The highest BCUT2D eigenvalue weighted by atomic mass is 35.5. The molecule has 222 valence electrons. The quantitative estimate of drug-likeness (QED) is 0.290. The highest BCUT2D eigenvalue weighted by Crippen LogP contribution is 2.21. The molecule has 0 saturated heterocycles. The molecule has 0 saturated carbocycles. The second-order valence-electron chi connectivity index (χ2n) is 8.75. The number of anilines is 1. The zero-order chi connectivity index (χ0) is 30.5. The van der Waals surface area contributed by atoms with Crippen LogP contribution in [0.5, 0.6) is 0 Å². The number of aryl methyl sites for hydroxylation is 1. The lowest BCUT2D eigenvalue weighted by atomic mass is 9.96. The Bertz CT molecular complexity index is 957. The molecule has 0 aliphatic carbocycles. The van der Waals surface area contributed by atoms with Crippen LogP contribution < -0.4 is 4.90 Å². The van der Waals surface area contributed by atoms with Crippen molar-refractivity contribution in [2.75, 3.05) is 26.0 Å². The van der Waals surface area contributed by atoms with Gasteiger partial charge in [0.25, 0.3) is 5.91 Å². The molecule has 0 fully saturated rings. The highest BCUT2D eigenvalue weighted by Gasteiger charge is 2.24.